The fourth-order valence-electron chi connectivity index (χ4n) is 11.9. The van der Waals surface area contributed by atoms with Gasteiger partial charge in [-0.2, -0.15) is 0 Å². The number of nitrogens with zero attached hydrogens (tertiary/aromatic N) is 4. The summed E-state index contributed by atoms with van der Waals surface area (Å²) in [4.78, 5) is 0. The molecule has 328 valence electrons. The normalized spacial score (nSPS) is 12.7. The molecule has 0 amide bonds. The van der Waals surface area contributed by atoms with Crippen molar-refractivity contribution in [3.8, 4) is 45.0 Å². The largest absolute Gasteiger partial charge is 0.313 e. The van der Waals surface area contributed by atoms with E-state index in [2.05, 4.69) is 261 Å². The lowest BCUT2D eigenvalue weighted by Gasteiger charge is -2.13. The van der Waals surface area contributed by atoms with Gasteiger partial charge in [0.05, 0.1) is 38.6 Å². The highest BCUT2D eigenvalue weighted by molar-refractivity contribution is 6.14. The first-order chi connectivity index (χ1) is 34.7. The first-order valence-electron chi connectivity index (χ1n) is 24.4. The fraction of sp³-hybridized carbons (Fsp3) is 0.0303. The molecule has 0 saturated carbocycles. The molecule has 0 atom stereocenters. The van der Waals surface area contributed by atoms with Crippen molar-refractivity contribution in [3.05, 3.63) is 248 Å². The second-order valence-corrected chi connectivity index (χ2v) is 18.8. The van der Waals surface area contributed by atoms with Crippen LogP contribution in [0.5, 0.6) is 0 Å². The second kappa shape index (κ2) is 15.2. The van der Waals surface area contributed by atoms with E-state index in [1.165, 1.54) is 121 Å². The molecule has 0 spiro atoms. The van der Waals surface area contributed by atoms with Gasteiger partial charge in [-0.3, -0.25) is 0 Å². The van der Waals surface area contributed by atoms with E-state index in [0.717, 1.165) is 24.2 Å². The fourth-order valence-corrected chi connectivity index (χ4v) is 11.9. The molecular formula is C66H44N4. The summed E-state index contributed by atoms with van der Waals surface area (Å²) in [6.45, 7) is 0. The van der Waals surface area contributed by atoms with Gasteiger partial charge in [0.1, 0.15) is 0 Å². The van der Waals surface area contributed by atoms with E-state index in [4.69, 9.17) is 0 Å². The minimum atomic E-state index is 1.04. The summed E-state index contributed by atoms with van der Waals surface area (Å²) in [5.74, 6) is 0. The van der Waals surface area contributed by atoms with Crippen LogP contribution >= 0.6 is 0 Å². The van der Waals surface area contributed by atoms with Gasteiger partial charge in [-0.1, -0.05) is 133 Å². The topological polar surface area (TPSA) is 19.7 Å². The summed E-state index contributed by atoms with van der Waals surface area (Å²) >= 11 is 0. The van der Waals surface area contributed by atoms with Crippen molar-refractivity contribution < 1.29 is 0 Å². The minimum Gasteiger partial charge on any atom is -0.313 e. The third kappa shape index (κ3) is 5.77. The Balaban J connectivity index is 0.841. The number of hydrogen-bond acceptors (Lipinski definition) is 0. The third-order valence-corrected chi connectivity index (χ3v) is 15.0. The van der Waals surface area contributed by atoms with E-state index in [-0.39, 0.29) is 0 Å². The highest BCUT2D eigenvalue weighted by Crippen LogP contribution is 2.42. The number of para-hydroxylation sites is 5. The van der Waals surface area contributed by atoms with Gasteiger partial charge >= 0.3 is 0 Å². The molecule has 10 aromatic carbocycles. The van der Waals surface area contributed by atoms with Crippen LogP contribution in [0.4, 0.5) is 0 Å². The molecule has 1 aliphatic rings. The Kier molecular flexibility index (Phi) is 8.45. The monoisotopic (exact) mass is 892 g/mol. The number of fused-ring (bicyclic) bond motifs is 12. The van der Waals surface area contributed by atoms with Crippen molar-refractivity contribution in [1.29, 1.82) is 0 Å². The Bertz CT molecular complexity index is 4460. The van der Waals surface area contributed by atoms with Gasteiger partial charge in [0.25, 0.3) is 0 Å². The van der Waals surface area contributed by atoms with Crippen LogP contribution in [-0.4, -0.2) is 18.3 Å². The van der Waals surface area contributed by atoms with Crippen molar-refractivity contribution in [2.45, 2.75) is 12.8 Å². The Morgan fingerprint density at radius 1 is 0.257 bits per heavy atom. The highest BCUT2D eigenvalue weighted by atomic mass is 15.0. The lowest BCUT2D eigenvalue weighted by atomic mass is 9.98. The number of benzene rings is 10. The molecule has 4 aromatic heterocycles. The van der Waals surface area contributed by atoms with Crippen LogP contribution in [-0.2, 0) is 6.42 Å². The van der Waals surface area contributed by atoms with Gasteiger partial charge in [0.2, 0.25) is 0 Å². The summed E-state index contributed by atoms with van der Waals surface area (Å²) in [6.07, 6.45) is 6.76. The molecule has 0 saturated heterocycles. The maximum absolute atomic E-state index is 2.47. The molecule has 0 bridgehead atoms. The average Bonchev–Trinajstić information content (AvgIpc) is 4.16. The van der Waals surface area contributed by atoms with Gasteiger partial charge in [0, 0.05) is 71.7 Å². The standard InChI is InChI=1S/C66H44N4/c1-3-16-47(17-4-1)67-59-26-11-7-22-51(59)55-38-43(30-34-63(55)67)45-32-36-65-57(40-45)53-24-9-13-28-61(53)69(65)49-20-15-21-50(42-49)70-62-29-14-10-25-54(62)58-41-46(33-37-66(58)70)44-31-35-64-56(39-44)52-23-8-12-27-60(52)68(64)48-18-5-2-6-19-48/h1-11,13-26,28-42H,12,27H2. The maximum Gasteiger partial charge on any atom is 0.0541 e. The third-order valence-electron chi connectivity index (χ3n) is 15.0. The van der Waals surface area contributed by atoms with E-state index >= 15 is 0 Å². The van der Waals surface area contributed by atoms with E-state index in [1.807, 2.05) is 0 Å². The van der Waals surface area contributed by atoms with Gasteiger partial charge in [-0.25, -0.2) is 0 Å². The zero-order valence-corrected chi connectivity index (χ0v) is 38.3. The molecule has 0 aliphatic heterocycles. The van der Waals surface area contributed by atoms with Gasteiger partial charge in [-0.05, 0) is 144 Å². The van der Waals surface area contributed by atoms with Crippen LogP contribution < -0.4 is 0 Å². The Hall–Kier alpha value is -9.12. The summed E-state index contributed by atoms with van der Waals surface area (Å²) in [5, 5.41) is 8.78. The van der Waals surface area contributed by atoms with Gasteiger partial charge < -0.3 is 18.3 Å². The van der Waals surface area contributed by atoms with Crippen LogP contribution in [0, 0.1) is 0 Å². The predicted molar refractivity (Wildman–Crippen MR) is 295 cm³/mol. The summed E-state index contributed by atoms with van der Waals surface area (Å²) in [7, 11) is 0. The van der Waals surface area contributed by atoms with Crippen LogP contribution in [0.15, 0.2) is 237 Å². The zero-order chi connectivity index (χ0) is 45.9. The molecule has 70 heavy (non-hydrogen) atoms. The molecule has 0 radical (unpaired) electrons. The van der Waals surface area contributed by atoms with Crippen LogP contribution in [0.3, 0.4) is 0 Å². The average molecular weight is 893 g/mol. The van der Waals surface area contributed by atoms with E-state index in [9.17, 15) is 0 Å². The zero-order valence-electron chi connectivity index (χ0n) is 38.3. The molecule has 15 rings (SSSR count). The molecule has 4 heterocycles. The smallest absolute Gasteiger partial charge is 0.0541 e. The first kappa shape index (κ1) is 38.9. The Labute approximate surface area is 404 Å². The lowest BCUT2D eigenvalue weighted by molar-refractivity contribution is 0.888. The molecule has 0 unspecified atom stereocenters. The lowest BCUT2D eigenvalue weighted by Crippen LogP contribution is -2.02. The van der Waals surface area contributed by atoms with Crippen molar-refractivity contribution in [1.82, 2.24) is 18.3 Å². The van der Waals surface area contributed by atoms with Crippen molar-refractivity contribution in [2.75, 3.05) is 0 Å². The van der Waals surface area contributed by atoms with Crippen LogP contribution in [0.25, 0.3) is 127 Å². The summed E-state index contributed by atoms with van der Waals surface area (Å²) < 4.78 is 9.73. The minimum absolute atomic E-state index is 1.04. The number of allylic oxidation sites excluding steroid dienone is 1. The first-order valence-corrected chi connectivity index (χ1v) is 24.4. The number of aromatic nitrogens is 4. The molecular weight excluding hydrogens is 849 g/mol. The summed E-state index contributed by atoms with van der Waals surface area (Å²) in [5.41, 5.74) is 20.7. The predicted octanol–water partition coefficient (Wildman–Crippen LogP) is 17.2. The van der Waals surface area contributed by atoms with E-state index < -0.39 is 0 Å². The Morgan fingerprint density at radius 3 is 1.09 bits per heavy atom. The molecule has 0 N–H and O–H groups in total. The van der Waals surface area contributed by atoms with Crippen molar-refractivity contribution >= 4 is 82.4 Å². The second-order valence-electron chi connectivity index (χ2n) is 18.8. The van der Waals surface area contributed by atoms with Crippen molar-refractivity contribution in [2.24, 2.45) is 0 Å². The number of hydrogen-bond donors (Lipinski definition) is 0. The highest BCUT2D eigenvalue weighted by Gasteiger charge is 2.21. The molecule has 14 aromatic rings. The molecule has 1 aliphatic carbocycles. The SMILES string of the molecule is C1=Cc2c(n(-c3ccccc3)c3ccc(-c4ccc5c(c4)c4ccccc4n5-c4cccc(-n5c6ccccc6c6cc(-c7ccc8c(c7)c7ccccc7n8-c7ccccc7)ccc65)c4)cc23)CC1. The van der Waals surface area contributed by atoms with E-state index in [0.29, 0.717) is 0 Å². The molecule has 4 heteroatoms. The number of rotatable bonds is 6. The van der Waals surface area contributed by atoms with Crippen LogP contribution in [0.1, 0.15) is 17.7 Å². The van der Waals surface area contributed by atoms with Crippen LogP contribution in [0.2, 0.25) is 0 Å². The van der Waals surface area contributed by atoms with Gasteiger partial charge in [-0.15, -0.1) is 0 Å². The van der Waals surface area contributed by atoms with Gasteiger partial charge in [0.15, 0.2) is 0 Å². The quantitative estimate of drug-likeness (QED) is 0.158. The maximum atomic E-state index is 2.47. The van der Waals surface area contributed by atoms with Crippen molar-refractivity contribution in [3.63, 3.8) is 0 Å². The van der Waals surface area contributed by atoms with E-state index in [1.54, 1.807) is 0 Å². The molecule has 4 nitrogen and oxygen atoms in total. The summed E-state index contributed by atoms with van der Waals surface area (Å²) in [6, 6.07) is 85.1. The Morgan fingerprint density at radius 2 is 0.614 bits per heavy atom. The molecule has 0 fully saturated rings.